The van der Waals surface area contributed by atoms with Crippen molar-refractivity contribution in [2.24, 2.45) is 0 Å². The van der Waals surface area contributed by atoms with Gasteiger partial charge in [0, 0.05) is 19.1 Å². The highest BCUT2D eigenvalue weighted by Crippen LogP contribution is 2.33. The molecule has 27 heavy (non-hydrogen) atoms. The topological polar surface area (TPSA) is 73.5 Å². The second-order valence-corrected chi connectivity index (χ2v) is 7.22. The van der Waals surface area contributed by atoms with Crippen molar-refractivity contribution >= 4 is 22.6 Å². The number of hydrogen-bond donors (Lipinski definition) is 0. The summed E-state index contributed by atoms with van der Waals surface area (Å²) in [6.45, 7) is 1.13. The number of carbonyl (C=O) groups is 1. The molecule has 2 aliphatic rings. The van der Waals surface area contributed by atoms with Gasteiger partial charge in [-0.25, -0.2) is 9.18 Å². The van der Waals surface area contributed by atoms with E-state index in [1.54, 1.807) is 0 Å². The fraction of sp³-hybridized carbons (Fsp3) is 0.526. The zero-order chi connectivity index (χ0) is 19.1. The third-order valence-corrected chi connectivity index (χ3v) is 5.37. The normalized spacial score (nSPS) is 17.3. The number of piperidine rings is 1. The molecule has 8 heteroatoms. The van der Waals surface area contributed by atoms with E-state index in [9.17, 15) is 18.8 Å². The number of benzene rings is 1. The highest BCUT2D eigenvalue weighted by Gasteiger charge is 2.30. The zero-order valence-electron chi connectivity index (χ0n) is 15.2. The Bertz CT molecular complexity index is 1020. The maximum Gasteiger partial charge on any atom is 0.332 e. The maximum atomic E-state index is 14.8. The summed E-state index contributed by atoms with van der Waals surface area (Å²) < 4.78 is 21.9. The van der Waals surface area contributed by atoms with Crippen molar-refractivity contribution in [2.45, 2.75) is 44.7 Å². The van der Waals surface area contributed by atoms with Crippen molar-refractivity contribution in [2.75, 3.05) is 25.1 Å². The van der Waals surface area contributed by atoms with Gasteiger partial charge in [-0.2, -0.15) is 0 Å². The molecular weight excluding hydrogens is 353 g/mol. The standard InChI is InChI=1S/C19H22FN3O4/c1-27-17(24)11-22-15-10-16(21-7-3-2-4-8-21)14(20)9-13(15)18(25)23(19(22)26)12-5-6-12/h9-10,12H,2-8,11H2,1H3. The molecule has 0 N–H and O–H groups in total. The molecule has 0 spiro atoms. The molecule has 1 saturated heterocycles. The summed E-state index contributed by atoms with van der Waals surface area (Å²) in [6.07, 6.45) is 4.50. The maximum absolute atomic E-state index is 14.8. The van der Waals surface area contributed by atoms with Crippen molar-refractivity contribution in [3.8, 4) is 0 Å². The highest BCUT2D eigenvalue weighted by molar-refractivity contribution is 5.84. The molecule has 1 aromatic heterocycles. The number of carbonyl (C=O) groups excluding carboxylic acids is 1. The van der Waals surface area contributed by atoms with Crippen LogP contribution < -0.4 is 16.1 Å². The van der Waals surface area contributed by atoms with Gasteiger partial charge in [-0.1, -0.05) is 0 Å². The Morgan fingerprint density at radius 1 is 1.19 bits per heavy atom. The molecule has 2 fully saturated rings. The molecule has 0 amide bonds. The largest absolute Gasteiger partial charge is 0.468 e. The summed E-state index contributed by atoms with van der Waals surface area (Å²) in [7, 11) is 1.24. The van der Waals surface area contributed by atoms with Crippen LogP contribution in [0.1, 0.15) is 38.1 Å². The Labute approximate surface area is 154 Å². The molecule has 144 valence electrons. The first-order chi connectivity index (χ1) is 13.0. The van der Waals surface area contributed by atoms with Gasteiger partial charge in [-0.15, -0.1) is 0 Å². The zero-order valence-corrected chi connectivity index (χ0v) is 15.2. The number of aromatic nitrogens is 2. The van der Waals surface area contributed by atoms with Crippen LogP contribution in [0.25, 0.3) is 10.9 Å². The predicted molar refractivity (Wildman–Crippen MR) is 98.8 cm³/mol. The number of fused-ring (bicyclic) bond motifs is 1. The molecule has 0 bridgehead atoms. The van der Waals surface area contributed by atoms with Crippen molar-refractivity contribution in [1.82, 2.24) is 9.13 Å². The average Bonchev–Trinajstić information content (AvgIpc) is 3.50. The molecule has 2 aromatic rings. The first-order valence-corrected chi connectivity index (χ1v) is 9.31. The summed E-state index contributed by atoms with van der Waals surface area (Å²) >= 11 is 0. The molecule has 1 aromatic carbocycles. The fourth-order valence-electron chi connectivity index (χ4n) is 3.77. The smallest absolute Gasteiger partial charge is 0.332 e. The molecular formula is C19H22FN3O4. The van der Waals surface area contributed by atoms with Crippen molar-refractivity contribution in [3.63, 3.8) is 0 Å². The summed E-state index contributed by atoms with van der Waals surface area (Å²) in [5.41, 5.74) is -0.405. The minimum Gasteiger partial charge on any atom is -0.468 e. The average molecular weight is 375 g/mol. The third kappa shape index (κ3) is 3.13. The van der Waals surface area contributed by atoms with Crippen molar-refractivity contribution < 1.29 is 13.9 Å². The van der Waals surface area contributed by atoms with Crippen LogP contribution in [0.3, 0.4) is 0 Å². The Morgan fingerprint density at radius 2 is 1.89 bits per heavy atom. The number of rotatable bonds is 4. The number of hydrogen-bond acceptors (Lipinski definition) is 5. The van der Waals surface area contributed by atoms with Gasteiger partial charge in [-0.05, 0) is 44.2 Å². The van der Waals surface area contributed by atoms with Gasteiger partial charge in [0.25, 0.3) is 5.56 Å². The second kappa shape index (κ2) is 6.83. The van der Waals surface area contributed by atoms with Crippen LogP contribution in [0.15, 0.2) is 21.7 Å². The first-order valence-electron chi connectivity index (χ1n) is 9.31. The van der Waals surface area contributed by atoms with E-state index in [4.69, 9.17) is 4.74 Å². The Kier molecular flexibility index (Phi) is 4.49. The molecule has 0 radical (unpaired) electrons. The molecule has 0 unspecified atom stereocenters. The molecule has 7 nitrogen and oxygen atoms in total. The molecule has 1 aliphatic carbocycles. The molecule has 2 heterocycles. The number of halogens is 1. The van der Waals surface area contributed by atoms with E-state index in [0.717, 1.165) is 49.8 Å². The molecule has 1 aliphatic heterocycles. The van der Waals surface area contributed by atoms with Crippen LogP contribution >= 0.6 is 0 Å². The monoisotopic (exact) mass is 375 g/mol. The Hall–Kier alpha value is -2.64. The number of esters is 1. The van der Waals surface area contributed by atoms with Gasteiger partial charge >= 0.3 is 11.7 Å². The van der Waals surface area contributed by atoms with Gasteiger partial charge in [-0.3, -0.25) is 18.7 Å². The summed E-state index contributed by atoms with van der Waals surface area (Å²) in [5.74, 6) is -1.07. The minimum absolute atomic E-state index is 0.115. The lowest BCUT2D eigenvalue weighted by molar-refractivity contribution is -0.141. The van der Waals surface area contributed by atoms with E-state index < -0.39 is 23.0 Å². The van der Waals surface area contributed by atoms with Gasteiger partial charge in [0.2, 0.25) is 0 Å². The number of ether oxygens (including phenoxy) is 1. The van der Waals surface area contributed by atoms with E-state index in [0.29, 0.717) is 5.69 Å². The predicted octanol–water partition coefficient (Wildman–Crippen LogP) is 1.80. The van der Waals surface area contributed by atoms with E-state index in [1.165, 1.54) is 23.8 Å². The summed E-state index contributed by atoms with van der Waals surface area (Å²) in [6, 6.07) is 2.55. The van der Waals surface area contributed by atoms with E-state index in [2.05, 4.69) is 0 Å². The van der Waals surface area contributed by atoms with Crippen LogP contribution in [0.2, 0.25) is 0 Å². The Morgan fingerprint density at radius 3 is 2.52 bits per heavy atom. The number of anilines is 1. The van der Waals surface area contributed by atoms with Crippen LogP contribution in [0, 0.1) is 5.82 Å². The third-order valence-electron chi connectivity index (χ3n) is 5.37. The lowest BCUT2D eigenvalue weighted by Crippen LogP contribution is -2.41. The van der Waals surface area contributed by atoms with Crippen molar-refractivity contribution in [3.05, 3.63) is 38.8 Å². The first kappa shape index (κ1) is 17.8. The summed E-state index contributed by atoms with van der Waals surface area (Å²) in [5, 5.41) is 0.115. The molecule has 4 rings (SSSR count). The van der Waals surface area contributed by atoms with Crippen LogP contribution in [-0.4, -0.2) is 35.3 Å². The highest BCUT2D eigenvalue weighted by atomic mass is 19.1. The SMILES string of the molecule is COC(=O)Cn1c(=O)n(C2CC2)c(=O)c2cc(F)c(N3CCCCC3)cc21. The van der Waals surface area contributed by atoms with Crippen molar-refractivity contribution in [1.29, 1.82) is 0 Å². The fourth-order valence-corrected chi connectivity index (χ4v) is 3.77. The molecule has 0 atom stereocenters. The van der Waals surface area contributed by atoms with Gasteiger partial charge in [0.1, 0.15) is 12.4 Å². The van der Waals surface area contributed by atoms with E-state index in [-0.39, 0.29) is 23.5 Å². The molecule has 1 saturated carbocycles. The number of nitrogens with zero attached hydrogens (tertiary/aromatic N) is 3. The van der Waals surface area contributed by atoms with Crippen LogP contribution in [0.5, 0.6) is 0 Å². The second-order valence-electron chi connectivity index (χ2n) is 7.22. The van der Waals surface area contributed by atoms with Gasteiger partial charge in [0.15, 0.2) is 0 Å². The quantitative estimate of drug-likeness (QED) is 0.762. The van der Waals surface area contributed by atoms with Gasteiger partial charge < -0.3 is 9.64 Å². The van der Waals surface area contributed by atoms with E-state index in [1.807, 2.05) is 4.90 Å². The minimum atomic E-state index is -0.594. The van der Waals surface area contributed by atoms with Gasteiger partial charge in [0.05, 0.1) is 23.7 Å². The van der Waals surface area contributed by atoms with Crippen LogP contribution in [0.4, 0.5) is 10.1 Å². The summed E-state index contributed by atoms with van der Waals surface area (Å²) in [4.78, 5) is 39.5. The Balaban J connectivity index is 1.96. The lowest BCUT2D eigenvalue weighted by Gasteiger charge is -2.29. The lowest BCUT2D eigenvalue weighted by atomic mass is 10.1. The van der Waals surface area contributed by atoms with E-state index >= 15 is 0 Å². The van der Waals surface area contributed by atoms with Crippen LogP contribution in [-0.2, 0) is 16.1 Å². The number of methoxy groups -OCH3 is 1.